The van der Waals surface area contributed by atoms with Crippen LogP contribution in [0.15, 0.2) is 18.6 Å². The maximum Gasteiger partial charge on any atom is 0.251 e. The van der Waals surface area contributed by atoms with Crippen LogP contribution >= 0.6 is 0 Å². The summed E-state index contributed by atoms with van der Waals surface area (Å²) in [5.74, 6) is -3.07. The molecule has 1 aliphatic rings. The average Bonchev–Trinajstić information content (AvgIpc) is 2.88. The van der Waals surface area contributed by atoms with Crippen LogP contribution in [0.1, 0.15) is 31.2 Å². The summed E-state index contributed by atoms with van der Waals surface area (Å²) in [6.45, 7) is 0. The number of carbonyl (C=O) groups excluding carboxylic acids is 1. The maximum atomic E-state index is 13.5. The number of amides is 1. The van der Waals surface area contributed by atoms with Crippen molar-refractivity contribution < 1.29 is 18.3 Å². The van der Waals surface area contributed by atoms with Crippen LogP contribution in [0.25, 0.3) is 17.1 Å². The highest BCUT2D eigenvalue weighted by Crippen LogP contribution is 2.36. The lowest BCUT2D eigenvalue weighted by Gasteiger charge is -2.29. The fourth-order valence-corrected chi connectivity index (χ4v) is 2.73. The minimum Gasteiger partial charge on any atom is -0.474 e. The van der Waals surface area contributed by atoms with Gasteiger partial charge in [0.05, 0.1) is 5.39 Å². The number of aromatic amines is 1. The van der Waals surface area contributed by atoms with E-state index < -0.39 is 17.9 Å². The number of H-pyrrole nitrogens is 1. The van der Waals surface area contributed by atoms with Crippen molar-refractivity contribution in [3.05, 3.63) is 24.2 Å². The number of carbonyl (C=O) groups is 1. The SMILES string of the molecule is NC(=O)/C=C/c1c[nH]c2ncnc(OC3CCCC(F)(F)C3)c12. The second-order valence-electron chi connectivity index (χ2n) is 5.57. The molecule has 1 fully saturated rings. The Morgan fingerprint density at radius 2 is 2.30 bits per heavy atom. The topological polar surface area (TPSA) is 93.9 Å². The van der Waals surface area contributed by atoms with E-state index in [-0.39, 0.29) is 18.7 Å². The molecule has 8 heteroatoms. The standard InChI is InChI=1S/C15H16F2N4O2/c16-15(17)5-1-2-10(6-15)23-14-12-9(3-4-11(18)22)7-19-13(12)20-8-21-14/h3-4,7-8,10H,1-2,5-6H2,(H2,18,22)(H,19,20,21)/b4-3+. The third kappa shape index (κ3) is 3.46. The maximum absolute atomic E-state index is 13.5. The monoisotopic (exact) mass is 322 g/mol. The Morgan fingerprint density at radius 1 is 1.48 bits per heavy atom. The zero-order valence-electron chi connectivity index (χ0n) is 12.3. The summed E-state index contributed by atoms with van der Waals surface area (Å²) in [5.41, 5.74) is 6.20. The molecule has 1 atom stereocenters. The van der Waals surface area contributed by atoms with Gasteiger partial charge in [0.2, 0.25) is 11.8 Å². The minimum absolute atomic E-state index is 0.108. The molecular weight excluding hydrogens is 306 g/mol. The van der Waals surface area contributed by atoms with Crippen LogP contribution in [0.5, 0.6) is 5.88 Å². The number of hydrogen-bond acceptors (Lipinski definition) is 4. The number of nitrogens with zero attached hydrogens (tertiary/aromatic N) is 2. The van der Waals surface area contributed by atoms with Gasteiger partial charge in [0.25, 0.3) is 5.92 Å². The Labute approximate surface area is 130 Å². The molecule has 2 heterocycles. The highest BCUT2D eigenvalue weighted by atomic mass is 19.3. The quantitative estimate of drug-likeness (QED) is 0.845. The number of aromatic nitrogens is 3. The summed E-state index contributed by atoms with van der Waals surface area (Å²) in [5, 5.41) is 0.541. The summed E-state index contributed by atoms with van der Waals surface area (Å²) >= 11 is 0. The van der Waals surface area contributed by atoms with Crippen LogP contribution in [-0.4, -0.2) is 32.9 Å². The first-order chi connectivity index (χ1) is 10.9. The molecule has 3 rings (SSSR count). The molecule has 0 saturated heterocycles. The number of rotatable bonds is 4. The molecule has 0 spiro atoms. The Balaban J connectivity index is 1.91. The van der Waals surface area contributed by atoms with Gasteiger partial charge in [-0.3, -0.25) is 4.79 Å². The van der Waals surface area contributed by atoms with E-state index in [1.54, 1.807) is 6.20 Å². The van der Waals surface area contributed by atoms with Crippen LogP contribution in [0.2, 0.25) is 0 Å². The van der Waals surface area contributed by atoms with E-state index in [9.17, 15) is 13.6 Å². The lowest BCUT2D eigenvalue weighted by Crippen LogP contribution is -2.33. The highest BCUT2D eigenvalue weighted by molar-refractivity contribution is 5.96. The average molecular weight is 322 g/mol. The number of halogens is 2. The van der Waals surface area contributed by atoms with Crippen molar-refractivity contribution in [2.45, 2.75) is 37.7 Å². The van der Waals surface area contributed by atoms with Crippen molar-refractivity contribution in [2.24, 2.45) is 5.73 Å². The van der Waals surface area contributed by atoms with Crippen molar-refractivity contribution in [3.8, 4) is 5.88 Å². The second-order valence-corrected chi connectivity index (χ2v) is 5.57. The van der Waals surface area contributed by atoms with E-state index >= 15 is 0 Å². The van der Waals surface area contributed by atoms with E-state index in [1.165, 1.54) is 18.5 Å². The predicted molar refractivity (Wildman–Crippen MR) is 79.9 cm³/mol. The molecule has 1 unspecified atom stereocenters. The van der Waals surface area contributed by atoms with Gasteiger partial charge >= 0.3 is 0 Å². The van der Waals surface area contributed by atoms with Crippen LogP contribution < -0.4 is 10.5 Å². The highest BCUT2D eigenvalue weighted by Gasteiger charge is 2.37. The molecule has 1 saturated carbocycles. The molecule has 3 N–H and O–H groups in total. The largest absolute Gasteiger partial charge is 0.474 e. The number of ether oxygens (including phenoxy) is 1. The third-order valence-corrected chi connectivity index (χ3v) is 3.77. The summed E-state index contributed by atoms with van der Waals surface area (Å²) in [6.07, 6.45) is 5.57. The lowest BCUT2D eigenvalue weighted by molar-refractivity contribution is -0.113. The first-order valence-corrected chi connectivity index (χ1v) is 7.29. The van der Waals surface area contributed by atoms with Gasteiger partial charge < -0.3 is 15.5 Å². The molecule has 6 nitrogen and oxygen atoms in total. The molecule has 122 valence electrons. The van der Waals surface area contributed by atoms with E-state index in [1.807, 2.05) is 0 Å². The summed E-state index contributed by atoms with van der Waals surface area (Å²) in [4.78, 5) is 21.9. The summed E-state index contributed by atoms with van der Waals surface area (Å²) < 4.78 is 32.7. The Kier molecular flexibility index (Phi) is 3.97. The van der Waals surface area contributed by atoms with Crippen LogP contribution in [0.4, 0.5) is 8.78 Å². The Morgan fingerprint density at radius 3 is 3.04 bits per heavy atom. The fraction of sp³-hybridized carbons (Fsp3) is 0.400. The lowest BCUT2D eigenvalue weighted by atomic mass is 9.94. The van der Waals surface area contributed by atoms with Gasteiger partial charge in [-0.05, 0) is 18.9 Å². The van der Waals surface area contributed by atoms with Gasteiger partial charge in [-0.2, -0.15) is 0 Å². The third-order valence-electron chi connectivity index (χ3n) is 3.77. The number of fused-ring (bicyclic) bond motifs is 1. The first-order valence-electron chi connectivity index (χ1n) is 7.29. The molecule has 0 radical (unpaired) electrons. The van der Waals surface area contributed by atoms with Crippen molar-refractivity contribution in [1.82, 2.24) is 15.0 Å². The van der Waals surface area contributed by atoms with Gasteiger partial charge in [0, 0.05) is 30.7 Å². The van der Waals surface area contributed by atoms with Gasteiger partial charge in [0.15, 0.2) is 0 Å². The van der Waals surface area contributed by atoms with Gasteiger partial charge in [-0.25, -0.2) is 18.7 Å². The molecule has 1 aliphatic carbocycles. The van der Waals surface area contributed by atoms with Crippen LogP contribution in [0, 0.1) is 0 Å². The molecule has 1 amide bonds. The minimum atomic E-state index is -2.71. The van der Waals surface area contributed by atoms with Crippen LogP contribution in [-0.2, 0) is 4.79 Å². The van der Waals surface area contributed by atoms with Gasteiger partial charge in [0.1, 0.15) is 18.1 Å². The summed E-state index contributed by atoms with van der Waals surface area (Å²) in [7, 11) is 0. The molecule has 23 heavy (non-hydrogen) atoms. The van der Waals surface area contributed by atoms with Gasteiger partial charge in [-0.1, -0.05) is 0 Å². The molecule has 2 aromatic heterocycles. The van der Waals surface area contributed by atoms with Crippen molar-refractivity contribution in [1.29, 1.82) is 0 Å². The van der Waals surface area contributed by atoms with Crippen LogP contribution in [0.3, 0.4) is 0 Å². The summed E-state index contributed by atoms with van der Waals surface area (Å²) in [6, 6.07) is 0. The number of primary amides is 1. The van der Waals surface area contributed by atoms with E-state index in [4.69, 9.17) is 10.5 Å². The number of hydrogen-bond donors (Lipinski definition) is 2. The molecule has 2 aromatic rings. The van der Waals surface area contributed by atoms with E-state index in [0.29, 0.717) is 29.4 Å². The van der Waals surface area contributed by atoms with Gasteiger partial charge in [-0.15, -0.1) is 0 Å². The number of nitrogens with two attached hydrogens (primary N) is 1. The van der Waals surface area contributed by atoms with Crippen molar-refractivity contribution in [3.63, 3.8) is 0 Å². The van der Waals surface area contributed by atoms with Crippen molar-refractivity contribution in [2.75, 3.05) is 0 Å². The van der Waals surface area contributed by atoms with E-state index in [2.05, 4.69) is 15.0 Å². The number of nitrogens with one attached hydrogen (secondary N) is 1. The zero-order valence-corrected chi connectivity index (χ0v) is 12.3. The first kappa shape index (κ1) is 15.4. The molecule has 0 aliphatic heterocycles. The van der Waals surface area contributed by atoms with E-state index in [0.717, 1.165) is 0 Å². The molecule has 0 bridgehead atoms. The predicted octanol–water partition coefficient (Wildman–Crippen LogP) is 2.41. The normalized spacial score (nSPS) is 20.9. The second kappa shape index (κ2) is 5.94. The number of alkyl halides is 2. The fourth-order valence-electron chi connectivity index (χ4n) is 2.73. The van der Waals surface area contributed by atoms with Crippen molar-refractivity contribution >= 4 is 23.0 Å². The Hall–Kier alpha value is -2.51. The molecule has 0 aromatic carbocycles. The smallest absolute Gasteiger partial charge is 0.251 e. The Bertz CT molecular complexity index is 757. The molecular formula is C15H16F2N4O2. The zero-order chi connectivity index (χ0) is 16.4.